The minimum atomic E-state index is -1.99. The Bertz CT molecular complexity index is 2270. The number of rotatable bonds is 8. The number of nitrogens with one attached hydrogen (secondary N) is 2. The van der Waals surface area contributed by atoms with E-state index in [4.69, 9.17) is 25.2 Å². The molecule has 15 nitrogen and oxygen atoms in total. The number of aryl methyl sites for hydroxylation is 1. The highest BCUT2D eigenvalue weighted by atomic mass is 32.1. The Morgan fingerprint density at radius 3 is 2.58 bits per heavy atom. The molecule has 7 rings (SSSR count). The van der Waals surface area contributed by atoms with Gasteiger partial charge in [0.15, 0.2) is 5.66 Å². The van der Waals surface area contributed by atoms with Crippen molar-refractivity contribution in [1.29, 1.82) is 0 Å². The molecule has 6 heterocycles. The second-order valence-corrected chi connectivity index (χ2v) is 18.5. The Morgan fingerprint density at radius 1 is 1.13 bits per heavy atom. The molecule has 0 radical (unpaired) electrons. The predicted octanol–water partition coefficient (Wildman–Crippen LogP) is 5.27. The number of carbonyl (C=O) groups is 4. The average molecular weight is 842 g/mol. The van der Waals surface area contributed by atoms with Gasteiger partial charge in [-0.3, -0.25) is 24.4 Å². The molecule has 3 aliphatic rings. The van der Waals surface area contributed by atoms with Gasteiger partial charge in [0.25, 0.3) is 5.91 Å². The smallest absolute Gasteiger partial charge is 0.324 e. The van der Waals surface area contributed by atoms with Gasteiger partial charge in [-0.05, 0) is 75.3 Å². The molecule has 4 amide bonds. The molecule has 3 aliphatic heterocycles. The molecule has 4 N–H and O–H groups in total. The van der Waals surface area contributed by atoms with Crippen LogP contribution in [0.15, 0.2) is 41.9 Å². The molecule has 6 bridgehead atoms. The van der Waals surface area contributed by atoms with Crippen LogP contribution in [0.2, 0.25) is 0 Å². The number of pyridine rings is 1. The van der Waals surface area contributed by atoms with Gasteiger partial charge in [0.1, 0.15) is 12.1 Å². The summed E-state index contributed by atoms with van der Waals surface area (Å²) in [6.45, 7) is 14.3. The minimum absolute atomic E-state index is 0.122. The van der Waals surface area contributed by atoms with E-state index in [9.17, 15) is 19.2 Å². The summed E-state index contributed by atoms with van der Waals surface area (Å²) >= 11 is 1.35. The van der Waals surface area contributed by atoms with Crippen molar-refractivity contribution < 1.29 is 28.7 Å². The SMILES string of the molecule is CCn1c(-c2cccnc2[C@H](C)OC)c2c3cc(ccc31)-c1csc(n1)C[C@](N)(NC(=O)[C@H](C(C)C)N(C)C(=O)N1CCC1)C(=O)N1CCC[C@H](N1)C(=O)OCC(C)(C)C2. The van der Waals surface area contributed by atoms with Gasteiger partial charge in [-0.25, -0.2) is 15.2 Å². The fourth-order valence-electron chi connectivity index (χ4n) is 8.70. The first-order valence-electron chi connectivity index (χ1n) is 21.0. The molecule has 2 saturated heterocycles. The number of amides is 4. The number of cyclic esters (lactones) is 1. The zero-order valence-corrected chi connectivity index (χ0v) is 36.9. The monoisotopic (exact) mass is 841 g/mol. The van der Waals surface area contributed by atoms with Crippen molar-refractivity contribution in [3.8, 4) is 22.5 Å². The number of thiazole rings is 1. The first-order valence-corrected chi connectivity index (χ1v) is 21.9. The quantitative estimate of drug-likeness (QED) is 0.157. The molecular formula is C44H59N9O6S. The van der Waals surface area contributed by atoms with Crippen LogP contribution in [0.4, 0.5) is 4.79 Å². The fourth-order valence-corrected chi connectivity index (χ4v) is 9.60. The van der Waals surface area contributed by atoms with Gasteiger partial charge in [-0.2, -0.15) is 0 Å². The number of hydrazine groups is 1. The van der Waals surface area contributed by atoms with Gasteiger partial charge in [0.05, 0.1) is 34.8 Å². The number of urea groups is 1. The van der Waals surface area contributed by atoms with Gasteiger partial charge in [-0.1, -0.05) is 33.8 Å². The number of aromatic nitrogens is 3. The van der Waals surface area contributed by atoms with E-state index in [1.54, 1.807) is 25.3 Å². The fraction of sp³-hybridized carbons (Fsp3) is 0.545. The number of carbonyl (C=O) groups excluding carboxylic acids is 4. The molecule has 0 spiro atoms. The number of methoxy groups -OCH3 is 1. The highest BCUT2D eigenvalue weighted by Gasteiger charge is 2.45. The van der Waals surface area contributed by atoms with Gasteiger partial charge < -0.3 is 34.9 Å². The summed E-state index contributed by atoms with van der Waals surface area (Å²) in [7, 11) is 3.29. The van der Waals surface area contributed by atoms with E-state index >= 15 is 0 Å². The maximum atomic E-state index is 14.6. The molecule has 2 fully saturated rings. The van der Waals surface area contributed by atoms with Crippen LogP contribution in [-0.2, 0) is 43.2 Å². The van der Waals surface area contributed by atoms with Crippen LogP contribution in [0.3, 0.4) is 0 Å². The molecule has 0 unspecified atom stereocenters. The lowest BCUT2D eigenvalue weighted by molar-refractivity contribution is -0.157. The first kappa shape index (κ1) is 43.2. The minimum Gasteiger partial charge on any atom is -0.464 e. The number of nitrogens with two attached hydrogens (primary N) is 1. The van der Waals surface area contributed by atoms with E-state index in [1.807, 2.05) is 38.3 Å². The zero-order chi connectivity index (χ0) is 43.1. The number of ether oxygens (including phenoxy) is 2. The molecular weight excluding hydrogens is 783 g/mol. The van der Waals surface area contributed by atoms with Crippen LogP contribution < -0.4 is 16.5 Å². The van der Waals surface area contributed by atoms with Crippen molar-refractivity contribution in [3.05, 3.63) is 58.2 Å². The summed E-state index contributed by atoms with van der Waals surface area (Å²) in [6.07, 6.45) is 3.83. The highest BCUT2D eigenvalue weighted by Crippen LogP contribution is 2.42. The lowest BCUT2D eigenvalue weighted by Gasteiger charge is -2.41. The topological polar surface area (TPSA) is 177 Å². The Morgan fingerprint density at radius 2 is 1.90 bits per heavy atom. The molecule has 16 heteroatoms. The molecule has 4 atom stereocenters. The van der Waals surface area contributed by atoms with Gasteiger partial charge >= 0.3 is 12.0 Å². The highest BCUT2D eigenvalue weighted by molar-refractivity contribution is 7.10. The van der Waals surface area contributed by atoms with Gasteiger partial charge in [-0.15, -0.1) is 11.3 Å². The van der Waals surface area contributed by atoms with Gasteiger partial charge in [0, 0.05) is 85.8 Å². The lowest BCUT2D eigenvalue weighted by Crippen LogP contribution is -2.72. The summed E-state index contributed by atoms with van der Waals surface area (Å²) in [6, 6.07) is 8.37. The van der Waals surface area contributed by atoms with Crippen molar-refractivity contribution in [1.82, 2.24) is 40.1 Å². The van der Waals surface area contributed by atoms with Gasteiger partial charge in [0.2, 0.25) is 5.91 Å². The summed E-state index contributed by atoms with van der Waals surface area (Å²) in [5.41, 5.74) is 14.2. The summed E-state index contributed by atoms with van der Waals surface area (Å²) < 4.78 is 14.2. The van der Waals surface area contributed by atoms with E-state index in [1.165, 1.54) is 21.2 Å². The number of benzene rings is 1. The third kappa shape index (κ3) is 8.39. The van der Waals surface area contributed by atoms with E-state index in [0.29, 0.717) is 49.6 Å². The predicted molar refractivity (Wildman–Crippen MR) is 230 cm³/mol. The maximum absolute atomic E-state index is 14.6. The summed E-state index contributed by atoms with van der Waals surface area (Å²) in [4.78, 5) is 69.0. The average Bonchev–Trinajstić information content (AvgIpc) is 3.79. The molecule has 60 heavy (non-hydrogen) atoms. The number of nitrogens with zero attached hydrogens (tertiary/aromatic N) is 6. The summed E-state index contributed by atoms with van der Waals surface area (Å²) in [5, 5.41) is 7.71. The summed E-state index contributed by atoms with van der Waals surface area (Å²) in [5.74, 6) is -1.96. The van der Waals surface area contributed by atoms with Crippen molar-refractivity contribution in [2.24, 2.45) is 17.1 Å². The Hall–Kier alpha value is -4.90. The second-order valence-electron chi connectivity index (χ2n) is 17.5. The van der Waals surface area contributed by atoms with Crippen molar-refractivity contribution in [3.63, 3.8) is 0 Å². The zero-order valence-electron chi connectivity index (χ0n) is 36.0. The van der Waals surface area contributed by atoms with Crippen LogP contribution in [0.5, 0.6) is 0 Å². The first-order chi connectivity index (χ1) is 28.6. The van der Waals surface area contributed by atoms with Crippen molar-refractivity contribution >= 4 is 46.1 Å². The molecule has 322 valence electrons. The normalized spacial score (nSPS) is 21.9. The maximum Gasteiger partial charge on any atom is 0.324 e. The Balaban J connectivity index is 1.33. The number of likely N-dealkylation sites (N-methyl/N-ethyl adjacent to an activating group) is 1. The number of hydrogen-bond acceptors (Lipinski definition) is 11. The molecule has 0 aliphatic carbocycles. The lowest BCUT2D eigenvalue weighted by atomic mass is 9.84. The van der Waals surface area contributed by atoms with Crippen molar-refractivity contribution in [2.45, 2.75) is 104 Å². The van der Waals surface area contributed by atoms with Crippen LogP contribution in [-0.4, -0.2) is 111 Å². The van der Waals surface area contributed by atoms with Crippen molar-refractivity contribution in [2.75, 3.05) is 40.4 Å². The molecule has 1 aromatic carbocycles. The second kappa shape index (κ2) is 17.2. The molecule has 3 aromatic heterocycles. The molecule has 0 saturated carbocycles. The van der Waals surface area contributed by atoms with Crippen LogP contribution in [0, 0.1) is 11.3 Å². The number of likely N-dealkylation sites (tertiary alicyclic amines) is 1. The Labute approximate surface area is 355 Å². The number of hydrogen-bond donors (Lipinski definition) is 3. The molecule has 4 aromatic rings. The number of esters is 1. The van der Waals surface area contributed by atoms with E-state index in [-0.39, 0.29) is 37.6 Å². The number of fused-ring (bicyclic) bond motifs is 6. The van der Waals surface area contributed by atoms with Crippen LogP contribution in [0.1, 0.15) is 83.2 Å². The third-order valence-electron chi connectivity index (χ3n) is 12.0. The van der Waals surface area contributed by atoms with Crippen LogP contribution >= 0.6 is 11.3 Å². The standard InChI is InChI=1S/C44H59N9O6S/c1-9-52-34-16-15-28-21-30(34)31(38(52)29-13-10-17-46-36(29)27(4)58-8)22-43(5,6)25-59-40(55)32-14-11-20-53(49-32)41(56)44(45,23-35-47-33(28)24-60-35)48-39(54)37(26(2)3)50(7)42(57)51-18-12-19-51/h10,13,15-17,21,24,26-27,32,37,49H,9,11-12,14,18-20,22-23,25,45H2,1-8H3,(H,48,54)/t27-,32-,37-,44-/m0/s1. The Kier molecular flexibility index (Phi) is 12.4. The van der Waals surface area contributed by atoms with Crippen LogP contribution in [0.25, 0.3) is 33.4 Å². The van der Waals surface area contributed by atoms with E-state index in [2.05, 4.69) is 54.3 Å². The largest absolute Gasteiger partial charge is 0.464 e. The van der Waals surface area contributed by atoms with E-state index in [0.717, 1.165) is 45.4 Å². The third-order valence-corrected chi connectivity index (χ3v) is 12.9. The van der Waals surface area contributed by atoms with E-state index < -0.39 is 40.9 Å².